The Morgan fingerprint density at radius 2 is 1.68 bits per heavy atom. The maximum atomic E-state index is 13.2. The summed E-state index contributed by atoms with van der Waals surface area (Å²) in [6.07, 6.45) is 10.1. The molecule has 1 aliphatic heterocycles. The van der Waals surface area contributed by atoms with Crippen LogP contribution in [-0.2, 0) is 27.4 Å². The largest absolute Gasteiger partial charge is 0.459 e. The van der Waals surface area contributed by atoms with Crippen molar-refractivity contribution in [3.63, 3.8) is 0 Å². The molecule has 10 heteroatoms. The SMILES string of the molecule is Cc1nn(C2CCCCC2)c2c1CC(C(=O)NC1CCC(NC(=O)N(C)CC(=O)OCc3ccccc3)CC1)S2. The molecule has 2 aromatic rings. The fourth-order valence-corrected chi connectivity index (χ4v) is 7.38. The summed E-state index contributed by atoms with van der Waals surface area (Å²) in [6, 6.07) is 9.79. The molecule has 2 heterocycles. The van der Waals surface area contributed by atoms with Crippen LogP contribution in [0.1, 0.15) is 80.7 Å². The first-order valence-corrected chi connectivity index (χ1v) is 15.5. The van der Waals surface area contributed by atoms with Gasteiger partial charge in [0.25, 0.3) is 0 Å². The Balaban J connectivity index is 1.02. The second-order valence-electron chi connectivity index (χ2n) is 11.4. The van der Waals surface area contributed by atoms with Gasteiger partial charge >= 0.3 is 12.0 Å². The number of amides is 3. The number of nitrogens with zero attached hydrogens (tertiary/aromatic N) is 3. The number of esters is 1. The molecule has 9 nitrogen and oxygen atoms in total. The summed E-state index contributed by atoms with van der Waals surface area (Å²) in [5, 5.41) is 12.3. The van der Waals surface area contributed by atoms with Crippen LogP contribution in [0.25, 0.3) is 0 Å². The first kappa shape index (κ1) is 28.5. The van der Waals surface area contributed by atoms with Crippen LogP contribution in [0, 0.1) is 6.92 Å². The van der Waals surface area contributed by atoms with Crippen molar-refractivity contribution in [1.29, 1.82) is 0 Å². The lowest BCUT2D eigenvalue weighted by atomic mass is 9.91. The van der Waals surface area contributed by atoms with Crippen molar-refractivity contribution in [3.8, 4) is 0 Å². The molecule has 2 aliphatic carbocycles. The highest BCUT2D eigenvalue weighted by Crippen LogP contribution is 2.42. The Morgan fingerprint density at radius 3 is 2.38 bits per heavy atom. The normalized spacial score (nSPS) is 22.8. The number of urea groups is 1. The summed E-state index contributed by atoms with van der Waals surface area (Å²) in [4.78, 5) is 39.3. The van der Waals surface area contributed by atoms with E-state index >= 15 is 0 Å². The van der Waals surface area contributed by atoms with Crippen LogP contribution >= 0.6 is 11.8 Å². The highest BCUT2D eigenvalue weighted by Gasteiger charge is 2.36. The van der Waals surface area contributed by atoms with E-state index < -0.39 is 5.97 Å². The van der Waals surface area contributed by atoms with E-state index in [2.05, 4.69) is 22.2 Å². The monoisotopic (exact) mass is 567 g/mol. The fourth-order valence-electron chi connectivity index (χ4n) is 6.01. The van der Waals surface area contributed by atoms with E-state index in [9.17, 15) is 14.4 Å². The summed E-state index contributed by atoms with van der Waals surface area (Å²) in [5.74, 6) is -0.335. The third-order valence-electron chi connectivity index (χ3n) is 8.37. The predicted octanol–water partition coefficient (Wildman–Crippen LogP) is 4.53. The van der Waals surface area contributed by atoms with Crippen LogP contribution in [0.2, 0.25) is 0 Å². The molecular weight excluding hydrogens is 526 g/mol. The number of hydrogen-bond acceptors (Lipinski definition) is 6. The van der Waals surface area contributed by atoms with Gasteiger partial charge < -0.3 is 20.3 Å². The summed E-state index contributed by atoms with van der Waals surface area (Å²) < 4.78 is 7.50. The number of ether oxygens (including phenoxy) is 1. The smallest absolute Gasteiger partial charge is 0.326 e. The van der Waals surface area contributed by atoms with Crippen LogP contribution in [0.15, 0.2) is 35.4 Å². The zero-order chi connectivity index (χ0) is 28.1. The van der Waals surface area contributed by atoms with Gasteiger partial charge in [0.1, 0.15) is 13.2 Å². The highest BCUT2D eigenvalue weighted by atomic mass is 32.2. The average Bonchev–Trinajstić information content (AvgIpc) is 3.54. The van der Waals surface area contributed by atoms with Gasteiger partial charge in [-0.1, -0.05) is 61.4 Å². The predicted molar refractivity (Wildman–Crippen MR) is 154 cm³/mol. The van der Waals surface area contributed by atoms with Crippen LogP contribution in [0.4, 0.5) is 4.79 Å². The van der Waals surface area contributed by atoms with Gasteiger partial charge in [0.05, 0.1) is 22.0 Å². The van der Waals surface area contributed by atoms with Crippen LogP contribution < -0.4 is 10.6 Å². The molecule has 40 heavy (non-hydrogen) atoms. The Labute approximate surface area is 240 Å². The molecule has 2 saturated carbocycles. The number of hydrogen-bond donors (Lipinski definition) is 2. The number of benzene rings is 1. The zero-order valence-corrected chi connectivity index (χ0v) is 24.4. The van der Waals surface area contributed by atoms with E-state index in [1.807, 2.05) is 30.3 Å². The Hall–Kier alpha value is -3.01. The molecule has 3 aliphatic rings. The minimum Gasteiger partial charge on any atom is -0.459 e. The van der Waals surface area contributed by atoms with Gasteiger partial charge in [-0.05, 0) is 57.4 Å². The quantitative estimate of drug-likeness (QED) is 0.455. The van der Waals surface area contributed by atoms with Crippen molar-refractivity contribution in [2.24, 2.45) is 0 Å². The van der Waals surface area contributed by atoms with E-state index in [1.165, 1.54) is 47.6 Å². The number of carbonyl (C=O) groups excluding carboxylic acids is 3. The van der Waals surface area contributed by atoms with Crippen LogP contribution in [0.3, 0.4) is 0 Å². The molecule has 0 radical (unpaired) electrons. The molecule has 216 valence electrons. The van der Waals surface area contributed by atoms with Crippen molar-refractivity contribution >= 4 is 29.7 Å². The lowest BCUT2D eigenvalue weighted by molar-refractivity contribution is -0.145. The number of thioether (sulfide) groups is 1. The van der Waals surface area contributed by atoms with Crippen molar-refractivity contribution in [1.82, 2.24) is 25.3 Å². The van der Waals surface area contributed by atoms with E-state index in [-0.39, 0.29) is 42.4 Å². The van der Waals surface area contributed by atoms with Gasteiger partial charge in [-0.2, -0.15) is 5.10 Å². The summed E-state index contributed by atoms with van der Waals surface area (Å²) in [6.45, 7) is 2.15. The lowest BCUT2D eigenvalue weighted by Crippen LogP contribution is -2.49. The van der Waals surface area contributed by atoms with Crippen molar-refractivity contribution in [2.75, 3.05) is 13.6 Å². The summed E-state index contributed by atoms with van der Waals surface area (Å²) in [5.41, 5.74) is 3.22. The van der Waals surface area contributed by atoms with E-state index in [0.717, 1.165) is 43.4 Å². The first-order chi connectivity index (χ1) is 19.4. The number of aromatic nitrogens is 2. The third kappa shape index (κ3) is 7.00. The number of nitrogens with one attached hydrogen (secondary N) is 2. The van der Waals surface area contributed by atoms with Gasteiger partial charge in [-0.15, -0.1) is 0 Å². The molecule has 2 N–H and O–H groups in total. The van der Waals surface area contributed by atoms with E-state index in [1.54, 1.807) is 18.8 Å². The first-order valence-electron chi connectivity index (χ1n) is 14.6. The van der Waals surface area contributed by atoms with Crippen molar-refractivity contribution in [2.45, 2.75) is 106 Å². The van der Waals surface area contributed by atoms with E-state index in [4.69, 9.17) is 9.84 Å². The Kier molecular flexibility index (Phi) is 9.34. The van der Waals surface area contributed by atoms with Gasteiger partial charge in [-0.25, -0.2) is 4.79 Å². The fraction of sp³-hybridized carbons (Fsp3) is 0.600. The molecule has 1 unspecified atom stereocenters. The van der Waals surface area contributed by atoms with Gasteiger partial charge in [-0.3, -0.25) is 14.3 Å². The van der Waals surface area contributed by atoms with Gasteiger partial charge in [0, 0.05) is 24.7 Å². The number of fused-ring (bicyclic) bond motifs is 1. The number of rotatable bonds is 8. The third-order valence-corrected chi connectivity index (χ3v) is 9.70. The maximum absolute atomic E-state index is 13.2. The Morgan fingerprint density at radius 1 is 1.00 bits per heavy atom. The maximum Gasteiger partial charge on any atom is 0.326 e. The second-order valence-corrected chi connectivity index (χ2v) is 12.6. The number of carbonyl (C=O) groups is 3. The summed E-state index contributed by atoms with van der Waals surface area (Å²) >= 11 is 1.68. The minimum atomic E-state index is -0.443. The standard InChI is InChI=1S/C30H41N5O4S/c1-20-25-17-26(40-29(25)35(33-20)24-11-7-4-8-12-24)28(37)31-22-13-15-23(16-14-22)32-30(38)34(2)18-27(36)39-19-21-9-5-3-6-10-21/h3,5-6,9-10,22-24,26H,4,7-8,11-19H2,1-2H3,(H,31,37)(H,32,38). The molecule has 0 spiro atoms. The molecule has 3 amide bonds. The number of likely N-dealkylation sites (N-methyl/N-ethyl adjacent to an activating group) is 1. The minimum absolute atomic E-state index is 0.0256. The molecule has 2 fully saturated rings. The Bertz CT molecular complexity index is 1190. The molecular formula is C30H41N5O4S. The molecule has 5 rings (SSSR count). The van der Waals surface area contributed by atoms with Crippen LogP contribution in [0.5, 0.6) is 0 Å². The topological polar surface area (TPSA) is 106 Å². The molecule has 0 saturated heterocycles. The zero-order valence-electron chi connectivity index (χ0n) is 23.6. The number of aryl methyl sites for hydroxylation is 1. The van der Waals surface area contributed by atoms with Crippen LogP contribution in [-0.4, -0.2) is 63.5 Å². The van der Waals surface area contributed by atoms with E-state index in [0.29, 0.717) is 6.04 Å². The summed E-state index contributed by atoms with van der Waals surface area (Å²) in [7, 11) is 1.59. The average molecular weight is 568 g/mol. The lowest BCUT2D eigenvalue weighted by Gasteiger charge is -2.31. The molecule has 1 aromatic carbocycles. The molecule has 1 aromatic heterocycles. The molecule has 1 atom stereocenters. The van der Waals surface area contributed by atoms with Crippen molar-refractivity contribution < 1.29 is 19.1 Å². The van der Waals surface area contributed by atoms with Gasteiger partial charge in [0.15, 0.2) is 0 Å². The van der Waals surface area contributed by atoms with Gasteiger partial charge in [0.2, 0.25) is 5.91 Å². The van der Waals surface area contributed by atoms with Crippen molar-refractivity contribution in [3.05, 3.63) is 47.2 Å². The second kappa shape index (κ2) is 13.1. The molecule has 0 bridgehead atoms. The highest BCUT2D eigenvalue weighted by molar-refractivity contribution is 8.00.